The van der Waals surface area contributed by atoms with E-state index in [4.69, 9.17) is 0 Å². The van der Waals surface area contributed by atoms with Crippen LogP contribution in [0.5, 0.6) is 5.75 Å². The lowest BCUT2D eigenvalue weighted by atomic mass is 10.2. The number of aryl methyl sites for hydroxylation is 1. The monoisotopic (exact) mass is 359 g/mol. The summed E-state index contributed by atoms with van der Waals surface area (Å²) in [4.78, 5) is -0.0122. The van der Waals surface area contributed by atoms with Crippen LogP contribution in [-0.2, 0) is 10.0 Å². The summed E-state index contributed by atoms with van der Waals surface area (Å²) in [5.74, 6) is -1.36. The Balaban J connectivity index is 2.43. The van der Waals surface area contributed by atoms with Crippen LogP contribution in [-0.4, -0.2) is 13.5 Å². The molecule has 106 valence electrons. The van der Waals surface area contributed by atoms with Crippen LogP contribution in [0.1, 0.15) is 5.56 Å². The fourth-order valence-electron chi connectivity index (χ4n) is 1.55. The molecule has 0 aliphatic rings. The predicted octanol–water partition coefficient (Wildman–Crippen LogP) is 3.40. The van der Waals surface area contributed by atoms with Gasteiger partial charge in [0.05, 0.1) is 9.37 Å². The number of nitrogens with one attached hydrogen (secondary N) is 1. The van der Waals surface area contributed by atoms with Gasteiger partial charge in [-0.3, -0.25) is 4.72 Å². The summed E-state index contributed by atoms with van der Waals surface area (Å²) < 4.78 is 40.2. The molecule has 0 bridgehead atoms. The first-order chi connectivity index (χ1) is 9.31. The third-order valence-corrected chi connectivity index (χ3v) is 4.62. The second-order valence-corrected chi connectivity index (χ2v) is 6.71. The summed E-state index contributed by atoms with van der Waals surface area (Å²) in [7, 11) is -3.96. The topological polar surface area (TPSA) is 66.4 Å². The molecule has 4 nitrogen and oxygen atoms in total. The lowest BCUT2D eigenvalue weighted by molar-refractivity contribution is 0.472. The van der Waals surface area contributed by atoms with Crippen molar-refractivity contribution in [1.29, 1.82) is 0 Å². The van der Waals surface area contributed by atoms with Crippen molar-refractivity contribution in [3.63, 3.8) is 0 Å². The Bertz CT molecular complexity index is 745. The fourth-order valence-corrected chi connectivity index (χ4v) is 2.95. The van der Waals surface area contributed by atoms with Crippen molar-refractivity contribution in [2.24, 2.45) is 0 Å². The highest BCUT2D eigenvalue weighted by Crippen LogP contribution is 2.33. The highest BCUT2D eigenvalue weighted by molar-refractivity contribution is 9.10. The van der Waals surface area contributed by atoms with E-state index < -0.39 is 27.3 Å². The van der Waals surface area contributed by atoms with Crippen molar-refractivity contribution in [3.8, 4) is 5.75 Å². The highest BCUT2D eigenvalue weighted by atomic mass is 79.9. The number of hydrogen-bond donors (Lipinski definition) is 2. The van der Waals surface area contributed by atoms with Crippen molar-refractivity contribution in [2.45, 2.75) is 11.8 Å². The minimum absolute atomic E-state index is 0.0122. The van der Waals surface area contributed by atoms with Crippen LogP contribution < -0.4 is 4.72 Å². The molecule has 2 rings (SSSR count). The van der Waals surface area contributed by atoms with Gasteiger partial charge >= 0.3 is 0 Å². The van der Waals surface area contributed by atoms with Gasteiger partial charge in [0.15, 0.2) is 5.82 Å². The molecule has 0 spiro atoms. The first kappa shape index (κ1) is 14.8. The second kappa shape index (κ2) is 5.41. The molecule has 0 atom stereocenters. The van der Waals surface area contributed by atoms with Gasteiger partial charge < -0.3 is 5.11 Å². The smallest absolute Gasteiger partial charge is 0.262 e. The van der Waals surface area contributed by atoms with Crippen LogP contribution in [0.25, 0.3) is 0 Å². The molecule has 0 unspecified atom stereocenters. The van der Waals surface area contributed by atoms with Crippen LogP contribution in [0.15, 0.2) is 45.8 Å². The van der Waals surface area contributed by atoms with E-state index in [0.29, 0.717) is 0 Å². The van der Waals surface area contributed by atoms with Gasteiger partial charge in [0.2, 0.25) is 0 Å². The molecule has 0 amide bonds. The molecular weight excluding hydrogens is 349 g/mol. The summed E-state index contributed by atoms with van der Waals surface area (Å²) in [5, 5.41) is 9.58. The van der Waals surface area contributed by atoms with Gasteiger partial charge in [-0.2, -0.15) is 0 Å². The average Bonchev–Trinajstić information content (AvgIpc) is 2.40. The van der Waals surface area contributed by atoms with Gasteiger partial charge in [-0.25, -0.2) is 12.8 Å². The summed E-state index contributed by atoms with van der Waals surface area (Å²) in [6.07, 6.45) is 0. The summed E-state index contributed by atoms with van der Waals surface area (Å²) in [6, 6.07) is 8.56. The molecular formula is C13H11BrFNO3S. The maximum atomic E-state index is 13.8. The van der Waals surface area contributed by atoms with Gasteiger partial charge in [0.25, 0.3) is 10.0 Å². The molecule has 0 aliphatic heterocycles. The molecule has 0 saturated carbocycles. The molecule has 2 aromatic rings. The number of hydrogen-bond acceptors (Lipinski definition) is 3. The number of aromatic hydroxyl groups is 1. The SMILES string of the molecule is Cc1ccc(S(=O)(=O)Nc2c(O)ccc(Br)c2F)cc1. The number of benzene rings is 2. The number of sulfonamides is 1. The Morgan fingerprint density at radius 1 is 1.15 bits per heavy atom. The molecule has 0 fully saturated rings. The number of anilines is 1. The van der Waals surface area contributed by atoms with E-state index in [1.54, 1.807) is 12.1 Å². The molecule has 2 N–H and O–H groups in total. The standard InChI is InChI=1S/C13H11BrFNO3S/c1-8-2-4-9(5-3-8)20(18,19)16-13-11(17)7-6-10(14)12(13)15/h2-7,16-17H,1H3. The van der Waals surface area contributed by atoms with Crippen molar-refractivity contribution < 1.29 is 17.9 Å². The molecule has 2 aromatic carbocycles. The van der Waals surface area contributed by atoms with E-state index >= 15 is 0 Å². The van der Waals surface area contributed by atoms with Crippen LogP contribution in [0, 0.1) is 12.7 Å². The molecule has 0 saturated heterocycles. The molecule has 0 radical (unpaired) electrons. The van der Waals surface area contributed by atoms with Crippen LogP contribution >= 0.6 is 15.9 Å². The fraction of sp³-hybridized carbons (Fsp3) is 0.0769. The second-order valence-electron chi connectivity index (χ2n) is 4.17. The zero-order valence-corrected chi connectivity index (χ0v) is 12.8. The first-order valence-electron chi connectivity index (χ1n) is 5.58. The van der Waals surface area contributed by atoms with Crippen LogP contribution in [0.3, 0.4) is 0 Å². The van der Waals surface area contributed by atoms with Crippen molar-refractivity contribution in [1.82, 2.24) is 0 Å². The Labute approximate surface area is 124 Å². The molecule has 20 heavy (non-hydrogen) atoms. The van der Waals surface area contributed by atoms with Gasteiger partial charge in [-0.15, -0.1) is 0 Å². The summed E-state index contributed by atoms with van der Waals surface area (Å²) >= 11 is 2.93. The lowest BCUT2D eigenvalue weighted by Crippen LogP contribution is -2.14. The van der Waals surface area contributed by atoms with Crippen molar-refractivity contribution in [2.75, 3.05) is 4.72 Å². The zero-order valence-electron chi connectivity index (χ0n) is 10.4. The van der Waals surface area contributed by atoms with Gasteiger partial charge in [0.1, 0.15) is 11.4 Å². The maximum Gasteiger partial charge on any atom is 0.262 e. The van der Waals surface area contributed by atoms with Gasteiger partial charge in [-0.1, -0.05) is 17.7 Å². The number of rotatable bonds is 3. The number of halogens is 2. The van der Waals surface area contributed by atoms with Crippen LogP contribution in [0.4, 0.5) is 10.1 Å². The molecule has 0 heterocycles. The van der Waals surface area contributed by atoms with Crippen LogP contribution in [0.2, 0.25) is 0 Å². The number of phenolic OH excluding ortho intramolecular Hbond substituents is 1. The van der Waals surface area contributed by atoms with Crippen molar-refractivity contribution >= 4 is 31.6 Å². The Morgan fingerprint density at radius 3 is 2.35 bits per heavy atom. The van der Waals surface area contributed by atoms with E-state index in [9.17, 15) is 17.9 Å². The van der Waals surface area contributed by atoms with E-state index in [2.05, 4.69) is 15.9 Å². The Hall–Kier alpha value is -1.60. The summed E-state index contributed by atoms with van der Waals surface area (Å²) in [6.45, 7) is 1.82. The normalized spacial score (nSPS) is 11.3. The van der Waals surface area contributed by atoms with Crippen molar-refractivity contribution in [3.05, 3.63) is 52.3 Å². The molecule has 0 aliphatic carbocycles. The third-order valence-electron chi connectivity index (χ3n) is 2.64. The average molecular weight is 360 g/mol. The largest absolute Gasteiger partial charge is 0.506 e. The van der Waals surface area contributed by atoms with E-state index in [1.165, 1.54) is 24.3 Å². The van der Waals surface area contributed by atoms with Gasteiger partial charge in [-0.05, 0) is 47.1 Å². The maximum absolute atomic E-state index is 13.8. The predicted molar refractivity (Wildman–Crippen MR) is 77.8 cm³/mol. The lowest BCUT2D eigenvalue weighted by Gasteiger charge is -2.11. The minimum atomic E-state index is -3.96. The van der Waals surface area contributed by atoms with E-state index in [-0.39, 0.29) is 9.37 Å². The quantitative estimate of drug-likeness (QED) is 0.825. The first-order valence-corrected chi connectivity index (χ1v) is 7.85. The number of phenols is 1. The minimum Gasteiger partial charge on any atom is -0.506 e. The van der Waals surface area contributed by atoms with Gasteiger partial charge in [0, 0.05) is 0 Å². The highest BCUT2D eigenvalue weighted by Gasteiger charge is 2.20. The van der Waals surface area contributed by atoms with E-state index in [1.807, 2.05) is 11.6 Å². The Kier molecular flexibility index (Phi) is 4.01. The third kappa shape index (κ3) is 2.94. The zero-order chi connectivity index (χ0) is 14.9. The molecule has 0 aromatic heterocycles. The molecule has 7 heteroatoms. The summed E-state index contributed by atoms with van der Waals surface area (Å²) in [5.41, 5.74) is 0.417. The Morgan fingerprint density at radius 2 is 1.75 bits per heavy atom. The van der Waals surface area contributed by atoms with E-state index in [0.717, 1.165) is 5.56 Å².